The second-order valence-corrected chi connectivity index (χ2v) is 15.1. The summed E-state index contributed by atoms with van der Waals surface area (Å²) in [5.74, 6) is -0.208. The minimum absolute atomic E-state index is 0.172. The van der Waals surface area contributed by atoms with E-state index in [9.17, 15) is 9.90 Å². The fraction of sp³-hybridized carbons (Fsp3) is 0.891. The van der Waals surface area contributed by atoms with Gasteiger partial charge in [-0.05, 0) is 64.2 Å². The molecule has 0 amide bonds. The van der Waals surface area contributed by atoms with Crippen molar-refractivity contribution in [3.63, 3.8) is 0 Å². The molecule has 0 rings (SSSR count). The highest BCUT2D eigenvalue weighted by Gasteiger charge is 2.13. The smallest absolute Gasteiger partial charge is 0.306 e. The van der Waals surface area contributed by atoms with Crippen molar-refractivity contribution in [1.29, 1.82) is 0 Å². The molecule has 0 fully saturated rings. The SMILES string of the molecule is CCCCC/C=C\CCCCCCCC(=O)OC(CO)COCCCCCCCCCCCCCCCC/C=C\CCCCCCCCCC. The molecule has 0 heterocycles. The van der Waals surface area contributed by atoms with Crippen LogP contribution in [-0.2, 0) is 14.3 Å². The maximum atomic E-state index is 12.2. The minimum Gasteiger partial charge on any atom is -0.457 e. The van der Waals surface area contributed by atoms with Crippen LogP contribution in [0.5, 0.6) is 0 Å². The Balaban J connectivity index is 3.35. The van der Waals surface area contributed by atoms with Crippen LogP contribution in [0.15, 0.2) is 24.3 Å². The van der Waals surface area contributed by atoms with E-state index in [1.54, 1.807) is 0 Å². The van der Waals surface area contributed by atoms with Gasteiger partial charge in [0, 0.05) is 13.0 Å². The van der Waals surface area contributed by atoms with Gasteiger partial charge in [-0.3, -0.25) is 4.79 Å². The quantitative estimate of drug-likeness (QED) is 0.0390. The molecule has 1 atom stereocenters. The predicted octanol–water partition coefficient (Wildman–Crippen LogP) is 14.7. The van der Waals surface area contributed by atoms with Crippen LogP contribution in [0.4, 0.5) is 0 Å². The molecular formula is C46H88O4. The highest BCUT2D eigenvalue weighted by Crippen LogP contribution is 2.15. The summed E-state index contributed by atoms with van der Waals surface area (Å²) in [5.41, 5.74) is 0. The lowest BCUT2D eigenvalue weighted by Gasteiger charge is -2.15. The summed E-state index contributed by atoms with van der Waals surface area (Å²) in [7, 11) is 0. The maximum absolute atomic E-state index is 12.2. The molecule has 0 aliphatic carbocycles. The van der Waals surface area contributed by atoms with Crippen molar-refractivity contribution in [3.8, 4) is 0 Å². The van der Waals surface area contributed by atoms with Crippen LogP contribution in [0.1, 0.15) is 239 Å². The van der Waals surface area contributed by atoms with Gasteiger partial charge in [0.05, 0.1) is 13.2 Å². The number of carbonyl (C=O) groups excluding carboxylic acids is 1. The van der Waals surface area contributed by atoms with Crippen LogP contribution in [-0.4, -0.2) is 37.0 Å². The Kier molecular flexibility index (Phi) is 43.0. The molecule has 296 valence electrons. The molecule has 0 bridgehead atoms. The van der Waals surface area contributed by atoms with E-state index in [0.717, 1.165) is 19.3 Å². The van der Waals surface area contributed by atoms with Crippen molar-refractivity contribution >= 4 is 5.97 Å². The van der Waals surface area contributed by atoms with Crippen molar-refractivity contribution in [2.24, 2.45) is 0 Å². The molecule has 0 aliphatic heterocycles. The summed E-state index contributed by atoms with van der Waals surface area (Å²) >= 11 is 0. The highest BCUT2D eigenvalue weighted by atomic mass is 16.6. The van der Waals surface area contributed by atoms with Crippen molar-refractivity contribution in [1.82, 2.24) is 0 Å². The second-order valence-electron chi connectivity index (χ2n) is 15.1. The van der Waals surface area contributed by atoms with E-state index in [2.05, 4.69) is 38.2 Å². The first kappa shape index (κ1) is 48.9. The Hall–Kier alpha value is -1.13. The number of carbonyl (C=O) groups is 1. The van der Waals surface area contributed by atoms with Gasteiger partial charge in [0.25, 0.3) is 0 Å². The zero-order valence-electron chi connectivity index (χ0n) is 33.9. The van der Waals surface area contributed by atoms with Gasteiger partial charge in [0.1, 0.15) is 6.10 Å². The number of allylic oxidation sites excluding steroid dienone is 4. The first-order valence-electron chi connectivity index (χ1n) is 22.4. The monoisotopic (exact) mass is 705 g/mol. The fourth-order valence-electron chi connectivity index (χ4n) is 6.61. The third-order valence-corrected chi connectivity index (χ3v) is 10.00. The molecule has 0 aromatic heterocycles. The van der Waals surface area contributed by atoms with Crippen LogP contribution in [0.3, 0.4) is 0 Å². The van der Waals surface area contributed by atoms with E-state index in [-0.39, 0.29) is 12.6 Å². The molecule has 1 unspecified atom stereocenters. The molecule has 0 aromatic carbocycles. The Morgan fingerprint density at radius 3 is 1.18 bits per heavy atom. The largest absolute Gasteiger partial charge is 0.457 e. The topological polar surface area (TPSA) is 55.8 Å². The third-order valence-electron chi connectivity index (χ3n) is 10.00. The Labute approximate surface area is 313 Å². The number of hydrogen-bond acceptors (Lipinski definition) is 4. The summed E-state index contributed by atoms with van der Waals surface area (Å²) in [6.07, 6.45) is 54.0. The van der Waals surface area contributed by atoms with Gasteiger partial charge in [0.15, 0.2) is 0 Å². The van der Waals surface area contributed by atoms with Crippen molar-refractivity contribution in [2.45, 2.75) is 245 Å². The summed E-state index contributed by atoms with van der Waals surface area (Å²) in [4.78, 5) is 12.2. The van der Waals surface area contributed by atoms with Crippen LogP contribution in [0.25, 0.3) is 0 Å². The molecule has 0 aromatic rings. The lowest BCUT2D eigenvalue weighted by molar-refractivity contribution is -0.154. The second kappa shape index (κ2) is 44.0. The molecule has 0 radical (unpaired) electrons. The number of unbranched alkanes of at least 4 members (excludes halogenated alkanes) is 30. The zero-order chi connectivity index (χ0) is 36.3. The first-order chi connectivity index (χ1) is 24.7. The fourth-order valence-corrected chi connectivity index (χ4v) is 6.61. The van der Waals surface area contributed by atoms with Gasteiger partial charge in [0.2, 0.25) is 0 Å². The Bertz CT molecular complexity index is 702. The van der Waals surface area contributed by atoms with Gasteiger partial charge < -0.3 is 14.6 Å². The molecule has 0 spiro atoms. The summed E-state index contributed by atoms with van der Waals surface area (Å²) in [5, 5.41) is 9.58. The van der Waals surface area contributed by atoms with E-state index < -0.39 is 6.10 Å². The van der Waals surface area contributed by atoms with Crippen LogP contribution in [0, 0.1) is 0 Å². The van der Waals surface area contributed by atoms with E-state index >= 15 is 0 Å². The van der Waals surface area contributed by atoms with E-state index in [1.165, 1.54) is 199 Å². The molecule has 0 saturated carbocycles. The molecule has 0 saturated heterocycles. The zero-order valence-corrected chi connectivity index (χ0v) is 33.9. The van der Waals surface area contributed by atoms with Gasteiger partial charge in [-0.2, -0.15) is 0 Å². The standard InChI is InChI=1S/C46H88O4/c1-3-5-7-9-11-13-15-17-18-19-20-21-22-23-24-25-26-27-28-29-30-32-34-36-38-40-42-49-44-45(43-47)50-46(48)41-39-37-35-33-31-16-14-12-10-8-6-4-2/h12,14,19-20,45,47H,3-11,13,15-18,21-44H2,1-2H3/b14-12-,20-19-. The number of hydrogen-bond donors (Lipinski definition) is 1. The van der Waals surface area contributed by atoms with E-state index in [1.807, 2.05) is 0 Å². The molecule has 1 N–H and O–H groups in total. The molecular weight excluding hydrogens is 617 g/mol. The maximum Gasteiger partial charge on any atom is 0.306 e. The van der Waals surface area contributed by atoms with Crippen LogP contribution < -0.4 is 0 Å². The first-order valence-corrected chi connectivity index (χ1v) is 22.4. The molecule has 4 heteroatoms. The van der Waals surface area contributed by atoms with Gasteiger partial charge >= 0.3 is 5.97 Å². The number of aliphatic hydroxyl groups excluding tert-OH is 1. The average Bonchev–Trinajstić information content (AvgIpc) is 3.12. The molecule has 0 aliphatic rings. The van der Waals surface area contributed by atoms with Crippen LogP contribution >= 0.6 is 0 Å². The summed E-state index contributed by atoms with van der Waals surface area (Å²) in [6.45, 7) is 5.34. The predicted molar refractivity (Wildman–Crippen MR) is 219 cm³/mol. The van der Waals surface area contributed by atoms with Gasteiger partial charge in [-0.25, -0.2) is 0 Å². The Morgan fingerprint density at radius 2 is 0.780 bits per heavy atom. The average molecular weight is 705 g/mol. The van der Waals surface area contributed by atoms with E-state index in [0.29, 0.717) is 19.6 Å². The number of aliphatic hydroxyl groups is 1. The lowest BCUT2D eigenvalue weighted by Crippen LogP contribution is -2.27. The van der Waals surface area contributed by atoms with Crippen molar-refractivity contribution in [3.05, 3.63) is 24.3 Å². The van der Waals surface area contributed by atoms with Crippen LogP contribution in [0.2, 0.25) is 0 Å². The lowest BCUT2D eigenvalue weighted by atomic mass is 10.0. The molecule has 50 heavy (non-hydrogen) atoms. The van der Waals surface area contributed by atoms with Crippen molar-refractivity contribution in [2.75, 3.05) is 19.8 Å². The summed E-state index contributed by atoms with van der Waals surface area (Å²) < 4.78 is 11.1. The normalized spacial score (nSPS) is 12.5. The molecule has 4 nitrogen and oxygen atoms in total. The van der Waals surface area contributed by atoms with E-state index in [4.69, 9.17) is 9.47 Å². The van der Waals surface area contributed by atoms with Gasteiger partial charge in [-0.1, -0.05) is 192 Å². The van der Waals surface area contributed by atoms with Gasteiger partial charge in [-0.15, -0.1) is 0 Å². The number of ether oxygens (including phenoxy) is 2. The number of rotatable bonds is 42. The number of esters is 1. The third kappa shape index (κ3) is 41.3. The minimum atomic E-state index is -0.534. The van der Waals surface area contributed by atoms with Crippen molar-refractivity contribution < 1.29 is 19.4 Å². The highest BCUT2D eigenvalue weighted by molar-refractivity contribution is 5.69. The Morgan fingerprint density at radius 1 is 0.460 bits per heavy atom. The summed E-state index contributed by atoms with van der Waals surface area (Å²) in [6, 6.07) is 0.